The maximum atomic E-state index is 11.7. The van der Waals surface area contributed by atoms with Crippen molar-refractivity contribution in [2.24, 2.45) is 0 Å². The molecule has 0 bridgehead atoms. The molecule has 3 nitrogen and oxygen atoms in total. The van der Waals surface area contributed by atoms with Crippen LogP contribution in [0.25, 0.3) is 0 Å². The maximum absolute atomic E-state index is 11.7. The van der Waals surface area contributed by atoms with Gasteiger partial charge in [-0.05, 0) is 49.8 Å². The van der Waals surface area contributed by atoms with E-state index in [1.165, 1.54) is 19.3 Å². The van der Waals surface area contributed by atoms with Crippen LogP contribution in [0.3, 0.4) is 0 Å². The standard InChI is InChI=1S/C15H21NO2/c16-13-6-4-5-12(11-13)9-10-15(17)18-14-7-2-1-3-8-14/h4-6,11,14H,1-3,7-10,16H2. The van der Waals surface area contributed by atoms with Gasteiger partial charge in [-0.15, -0.1) is 0 Å². The average molecular weight is 247 g/mol. The summed E-state index contributed by atoms with van der Waals surface area (Å²) in [6.07, 6.45) is 7.02. The van der Waals surface area contributed by atoms with E-state index in [1.54, 1.807) is 0 Å². The predicted molar refractivity (Wildman–Crippen MR) is 72.1 cm³/mol. The van der Waals surface area contributed by atoms with E-state index in [9.17, 15) is 4.79 Å². The van der Waals surface area contributed by atoms with Crippen molar-refractivity contribution in [1.29, 1.82) is 0 Å². The van der Waals surface area contributed by atoms with Crippen LogP contribution in [-0.4, -0.2) is 12.1 Å². The molecule has 1 aromatic rings. The van der Waals surface area contributed by atoms with Crippen LogP contribution in [0, 0.1) is 0 Å². The lowest BCUT2D eigenvalue weighted by molar-refractivity contribution is -0.150. The smallest absolute Gasteiger partial charge is 0.306 e. The minimum Gasteiger partial charge on any atom is -0.462 e. The number of nitrogen functional groups attached to an aromatic ring is 1. The largest absolute Gasteiger partial charge is 0.462 e. The monoisotopic (exact) mass is 247 g/mol. The maximum Gasteiger partial charge on any atom is 0.306 e. The Balaban J connectivity index is 1.74. The average Bonchev–Trinajstić information content (AvgIpc) is 2.38. The summed E-state index contributed by atoms with van der Waals surface area (Å²) in [6.45, 7) is 0. The minimum atomic E-state index is -0.0793. The van der Waals surface area contributed by atoms with Gasteiger partial charge >= 0.3 is 5.97 Å². The second-order valence-electron chi connectivity index (χ2n) is 4.99. The lowest BCUT2D eigenvalue weighted by Gasteiger charge is -2.21. The van der Waals surface area contributed by atoms with Gasteiger partial charge in [-0.25, -0.2) is 0 Å². The number of hydrogen-bond donors (Lipinski definition) is 1. The summed E-state index contributed by atoms with van der Waals surface area (Å²) in [5.41, 5.74) is 7.54. The first-order chi connectivity index (χ1) is 8.74. The van der Waals surface area contributed by atoms with E-state index < -0.39 is 0 Å². The molecule has 18 heavy (non-hydrogen) atoms. The van der Waals surface area contributed by atoms with Crippen LogP contribution in [0.5, 0.6) is 0 Å². The third-order valence-electron chi connectivity index (χ3n) is 3.42. The van der Waals surface area contributed by atoms with Gasteiger partial charge in [0.05, 0.1) is 0 Å². The van der Waals surface area contributed by atoms with Crippen molar-refractivity contribution in [1.82, 2.24) is 0 Å². The topological polar surface area (TPSA) is 52.3 Å². The first-order valence-electron chi connectivity index (χ1n) is 6.78. The molecule has 0 aliphatic heterocycles. The molecular formula is C15H21NO2. The summed E-state index contributed by atoms with van der Waals surface area (Å²) in [5, 5.41) is 0. The highest BCUT2D eigenvalue weighted by molar-refractivity contribution is 5.70. The molecular weight excluding hydrogens is 226 g/mol. The van der Waals surface area contributed by atoms with Gasteiger partial charge in [0.1, 0.15) is 6.10 Å². The third kappa shape index (κ3) is 4.06. The molecule has 0 amide bonds. The van der Waals surface area contributed by atoms with Gasteiger partial charge in [-0.3, -0.25) is 4.79 Å². The molecule has 1 aromatic carbocycles. The summed E-state index contributed by atoms with van der Waals surface area (Å²) in [4.78, 5) is 11.7. The Labute approximate surface area is 108 Å². The fourth-order valence-corrected chi connectivity index (χ4v) is 2.42. The molecule has 2 N–H and O–H groups in total. The van der Waals surface area contributed by atoms with Crippen molar-refractivity contribution in [3.63, 3.8) is 0 Å². The number of ether oxygens (including phenoxy) is 1. The van der Waals surface area contributed by atoms with Crippen LogP contribution in [0.4, 0.5) is 5.69 Å². The Morgan fingerprint density at radius 2 is 2.06 bits per heavy atom. The summed E-state index contributed by atoms with van der Waals surface area (Å²) in [5.74, 6) is -0.0793. The first-order valence-corrected chi connectivity index (χ1v) is 6.78. The fraction of sp³-hybridized carbons (Fsp3) is 0.533. The van der Waals surface area contributed by atoms with Gasteiger partial charge in [0.2, 0.25) is 0 Å². The molecule has 3 heteroatoms. The molecule has 0 heterocycles. The predicted octanol–water partition coefficient (Wildman–Crippen LogP) is 3.08. The lowest BCUT2D eigenvalue weighted by atomic mass is 9.98. The van der Waals surface area contributed by atoms with Crippen LogP contribution in [0.2, 0.25) is 0 Å². The van der Waals surface area contributed by atoms with Gasteiger partial charge in [0.15, 0.2) is 0 Å². The Kier molecular flexibility index (Phi) is 4.62. The highest BCUT2D eigenvalue weighted by atomic mass is 16.5. The van der Waals surface area contributed by atoms with E-state index in [2.05, 4.69) is 0 Å². The molecule has 0 atom stereocenters. The summed E-state index contributed by atoms with van der Waals surface area (Å²) < 4.78 is 5.47. The van der Waals surface area contributed by atoms with Crippen LogP contribution >= 0.6 is 0 Å². The second-order valence-corrected chi connectivity index (χ2v) is 4.99. The molecule has 0 radical (unpaired) electrons. The van der Waals surface area contributed by atoms with E-state index in [4.69, 9.17) is 10.5 Å². The number of anilines is 1. The number of carbonyl (C=O) groups excluding carboxylic acids is 1. The molecule has 98 valence electrons. The highest BCUT2D eigenvalue weighted by Gasteiger charge is 2.17. The van der Waals surface area contributed by atoms with Crippen molar-refractivity contribution in [2.75, 3.05) is 5.73 Å². The first kappa shape index (κ1) is 12.9. The number of hydrogen-bond acceptors (Lipinski definition) is 3. The number of rotatable bonds is 4. The number of nitrogens with two attached hydrogens (primary N) is 1. The Hall–Kier alpha value is -1.51. The zero-order valence-electron chi connectivity index (χ0n) is 10.7. The van der Waals surface area contributed by atoms with Crippen molar-refractivity contribution in [3.8, 4) is 0 Å². The van der Waals surface area contributed by atoms with E-state index in [0.29, 0.717) is 12.8 Å². The Bertz CT molecular complexity index is 397. The zero-order valence-corrected chi connectivity index (χ0v) is 10.7. The highest BCUT2D eigenvalue weighted by Crippen LogP contribution is 2.21. The summed E-state index contributed by atoms with van der Waals surface area (Å²) in [6, 6.07) is 7.67. The number of benzene rings is 1. The Morgan fingerprint density at radius 1 is 1.28 bits per heavy atom. The van der Waals surface area contributed by atoms with Crippen LogP contribution in [0.1, 0.15) is 44.1 Å². The molecule has 1 fully saturated rings. The summed E-state index contributed by atoms with van der Waals surface area (Å²) >= 11 is 0. The number of carbonyl (C=O) groups is 1. The molecule has 1 saturated carbocycles. The van der Waals surface area contributed by atoms with Crippen molar-refractivity contribution in [2.45, 2.75) is 51.0 Å². The van der Waals surface area contributed by atoms with Crippen LogP contribution in [0.15, 0.2) is 24.3 Å². The van der Waals surface area contributed by atoms with Gasteiger partial charge < -0.3 is 10.5 Å². The van der Waals surface area contributed by atoms with E-state index >= 15 is 0 Å². The molecule has 1 aliphatic carbocycles. The van der Waals surface area contributed by atoms with E-state index in [-0.39, 0.29) is 12.1 Å². The lowest BCUT2D eigenvalue weighted by Crippen LogP contribution is -2.21. The molecule has 1 aliphatic rings. The van der Waals surface area contributed by atoms with Gasteiger partial charge in [0, 0.05) is 12.1 Å². The van der Waals surface area contributed by atoms with E-state index in [1.807, 2.05) is 24.3 Å². The van der Waals surface area contributed by atoms with Gasteiger partial charge in [-0.1, -0.05) is 18.6 Å². The van der Waals surface area contributed by atoms with Crippen LogP contribution in [-0.2, 0) is 16.0 Å². The van der Waals surface area contributed by atoms with Crippen molar-refractivity contribution < 1.29 is 9.53 Å². The van der Waals surface area contributed by atoms with Gasteiger partial charge in [0.25, 0.3) is 0 Å². The zero-order chi connectivity index (χ0) is 12.8. The quantitative estimate of drug-likeness (QED) is 0.657. The number of aryl methyl sites for hydroxylation is 1. The third-order valence-corrected chi connectivity index (χ3v) is 3.42. The van der Waals surface area contributed by atoms with Crippen LogP contribution < -0.4 is 5.73 Å². The molecule has 0 saturated heterocycles. The molecule has 2 rings (SSSR count). The van der Waals surface area contributed by atoms with E-state index in [0.717, 1.165) is 24.1 Å². The second kappa shape index (κ2) is 6.43. The SMILES string of the molecule is Nc1cccc(CCC(=O)OC2CCCCC2)c1. The van der Waals surface area contributed by atoms with Crippen molar-refractivity contribution in [3.05, 3.63) is 29.8 Å². The normalized spacial score (nSPS) is 16.4. The Morgan fingerprint density at radius 3 is 2.78 bits per heavy atom. The van der Waals surface area contributed by atoms with Gasteiger partial charge in [-0.2, -0.15) is 0 Å². The number of esters is 1. The molecule has 0 unspecified atom stereocenters. The minimum absolute atomic E-state index is 0.0793. The fourth-order valence-electron chi connectivity index (χ4n) is 2.42. The summed E-state index contributed by atoms with van der Waals surface area (Å²) in [7, 11) is 0. The molecule has 0 spiro atoms. The van der Waals surface area contributed by atoms with Crippen molar-refractivity contribution >= 4 is 11.7 Å². The molecule has 0 aromatic heterocycles.